The van der Waals surface area contributed by atoms with Crippen LogP contribution in [0.25, 0.3) is 10.9 Å². The molecule has 0 aliphatic carbocycles. The number of nitrogens with two attached hydrogens (primary N) is 2. The highest BCUT2D eigenvalue weighted by atomic mass is 32.2. The molecule has 0 aliphatic heterocycles. The van der Waals surface area contributed by atoms with Gasteiger partial charge in [-0.15, -0.1) is 0 Å². The summed E-state index contributed by atoms with van der Waals surface area (Å²) in [5, 5.41) is 5.67. The van der Waals surface area contributed by atoms with Crippen LogP contribution in [-0.4, -0.2) is 17.5 Å². The molecule has 0 bridgehead atoms. The largest absolute Gasteiger partial charge is 0.399 e. The summed E-state index contributed by atoms with van der Waals surface area (Å²) < 4.78 is 5.17. The maximum atomic E-state index is 5.68. The van der Waals surface area contributed by atoms with E-state index >= 15 is 0 Å². The fourth-order valence-electron chi connectivity index (χ4n) is 1.19. The van der Waals surface area contributed by atoms with Crippen molar-refractivity contribution in [2.45, 2.75) is 5.09 Å². The van der Waals surface area contributed by atoms with Crippen LogP contribution in [0.5, 0.6) is 0 Å². The molecule has 1 heterocycles. The fraction of sp³-hybridized carbons (Fsp3) is 0.222. The number of anilines is 1. The molecule has 0 amide bonds. The standard InChI is InChI=1S/C9H11N3OS/c10-3-4-14-9-7-5-6(11)1-2-8(7)12-13-9/h1-2,5H,3-4,10-11H2. The summed E-state index contributed by atoms with van der Waals surface area (Å²) in [5.41, 5.74) is 12.6. The van der Waals surface area contributed by atoms with Crippen molar-refractivity contribution in [2.24, 2.45) is 5.73 Å². The number of nitrogen functional groups attached to an aromatic ring is 1. The molecule has 74 valence electrons. The van der Waals surface area contributed by atoms with Crippen LogP contribution in [0, 0.1) is 0 Å². The highest BCUT2D eigenvalue weighted by Gasteiger charge is 2.08. The minimum Gasteiger partial charge on any atom is -0.399 e. The van der Waals surface area contributed by atoms with Crippen molar-refractivity contribution in [1.29, 1.82) is 0 Å². The lowest BCUT2D eigenvalue weighted by molar-refractivity contribution is 0.358. The molecule has 0 saturated carbocycles. The summed E-state index contributed by atoms with van der Waals surface area (Å²) in [7, 11) is 0. The van der Waals surface area contributed by atoms with E-state index in [4.69, 9.17) is 16.0 Å². The average Bonchev–Trinajstić information content (AvgIpc) is 2.57. The molecule has 2 aromatic rings. The van der Waals surface area contributed by atoms with E-state index in [0.717, 1.165) is 27.4 Å². The van der Waals surface area contributed by atoms with Crippen molar-refractivity contribution in [3.8, 4) is 0 Å². The van der Waals surface area contributed by atoms with E-state index in [1.54, 1.807) is 11.8 Å². The molecule has 0 radical (unpaired) electrons. The summed E-state index contributed by atoms with van der Waals surface area (Å²) in [6, 6.07) is 5.52. The van der Waals surface area contributed by atoms with Crippen molar-refractivity contribution in [3.05, 3.63) is 18.2 Å². The van der Waals surface area contributed by atoms with E-state index < -0.39 is 0 Å². The number of thioether (sulfide) groups is 1. The maximum Gasteiger partial charge on any atom is 0.201 e. The number of benzene rings is 1. The van der Waals surface area contributed by atoms with E-state index in [2.05, 4.69) is 5.16 Å². The second-order valence-corrected chi connectivity index (χ2v) is 3.95. The van der Waals surface area contributed by atoms with Gasteiger partial charge in [-0.05, 0) is 18.2 Å². The Kier molecular flexibility index (Phi) is 2.60. The zero-order valence-corrected chi connectivity index (χ0v) is 8.38. The second kappa shape index (κ2) is 3.89. The van der Waals surface area contributed by atoms with Crippen molar-refractivity contribution in [2.75, 3.05) is 18.0 Å². The number of hydrogen-bond donors (Lipinski definition) is 2. The van der Waals surface area contributed by atoms with Gasteiger partial charge in [0.25, 0.3) is 0 Å². The molecular weight excluding hydrogens is 198 g/mol. The quantitative estimate of drug-likeness (QED) is 0.591. The molecule has 2 rings (SSSR count). The van der Waals surface area contributed by atoms with Gasteiger partial charge in [-0.25, -0.2) is 0 Å². The molecule has 1 aromatic heterocycles. The van der Waals surface area contributed by atoms with Gasteiger partial charge in [0.05, 0.1) is 5.39 Å². The van der Waals surface area contributed by atoms with Gasteiger partial charge in [0.15, 0.2) is 0 Å². The Morgan fingerprint density at radius 2 is 2.29 bits per heavy atom. The lowest BCUT2D eigenvalue weighted by atomic mass is 10.2. The number of rotatable bonds is 3. The van der Waals surface area contributed by atoms with Crippen LogP contribution in [0.1, 0.15) is 0 Å². The molecule has 0 unspecified atom stereocenters. The Morgan fingerprint density at radius 3 is 3.07 bits per heavy atom. The molecule has 0 saturated heterocycles. The summed E-state index contributed by atoms with van der Waals surface area (Å²) in [5.74, 6) is 0.819. The Labute approximate surface area is 85.6 Å². The van der Waals surface area contributed by atoms with Crippen LogP contribution in [-0.2, 0) is 0 Å². The molecule has 0 spiro atoms. The minimum atomic E-state index is 0.620. The third kappa shape index (κ3) is 1.69. The summed E-state index contributed by atoms with van der Waals surface area (Å²) >= 11 is 1.56. The topological polar surface area (TPSA) is 78.1 Å². The van der Waals surface area contributed by atoms with Gasteiger partial charge in [0.1, 0.15) is 5.52 Å². The lowest BCUT2D eigenvalue weighted by Gasteiger charge is -1.94. The Hall–Kier alpha value is -1.20. The Morgan fingerprint density at radius 1 is 1.43 bits per heavy atom. The SMILES string of the molecule is NCCSc1onc2ccc(N)cc12. The highest BCUT2D eigenvalue weighted by Crippen LogP contribution is 2.28. The van der Waals surface area contributed by atoms with Crippen LogP contribution in [0.2, 0.25) is 0 Å². The Bertz CT molecular complexity index is 441. The first-order chi connectivity index (χ1) is 6.81. The third-order valence-electron chi connectivity index (χ3n) is 1.82. The first-order valence-electron chi connectivity index (χ1n) is 4.29. The smallest absolute Gasteiger partial charge is 0.201 e. The zero-order chi connectivity index (χ0) is 9.97. The van der Waals surface area contributed by atoms with Gasteiger partial charge in [0, 0.05) is 18.0 Å². The highest BCUT2D eigenvalue weighted by molar-refractivity contribution is 7.99. The normalized spacial score (nSPS) is 10.9. The van der Waals surface area contributed by atoms with E-state index in [9.17, 15) is 0 Å². The first kappa shape index (κ1) is 9.36. The molecule has 5 heteroatoms. The van der Waals surface area contributed by atoms with Crippen molar-refractivity contribution in [1.82, 2.24) is 5.16 Å². The number of nitrogens with zero attached hydrogens (tertiary/aromatic N) is 1. The third-order valence-corrected chi connectivity index (χ3v) is 2.81. The summed E-state index contributed by atoms with van der Waals surface area (Å²) in [6.45, 7) is 0.620. The maximum absolute atomic E-state index is 5.68. The summed E-state index contributed by atoms with van der Waals surface area (Å²) in [6.07, 6.45) is 0. The van der Waals surface area contributed by atoms with E-state index in [0.29, 0.717) is 6.54 Å². The molecule has 0 fully saturated rings. The van der Waals surface area contributed by atoms with Crippen LogP contribution in [0.3, 0.4) is 0 Å². The van der Waals surface area contributed by atoms with E-state index in [1.165, 1.54) is 0 Å². The molecule has 1 aromatic carbocycles. The molecule has 4 N–H and O–H groups in total. The van der Waals surface area contributed by atoms with Gasteiger partial charge >= 0.3 is 0 Å². The molecular formula is C9H11N3OS. The van der Waals surface area contributed by atoms with E-state index in [1.807, 2.05) is 18.2 Å². The number of fused-ring (bicyclic) bond motifs is 1. The van der Waals surface area contributed by atoms with Gasteiger partial charge < -0.3 is 16.0 Å². The lowest BCUT2D eigenvalue weighted by Crippen LogP contribution is -2.00. The average molecular weight is 209 g/mol. The van der Waals surface area contributed by atoms with Gasteiger partial charge in [0.2, 0.25) is 5.09 Å². The minimum absolute atomic E-state index is 0.620. The predicted octanol–water partition coefficient (Wildman–Crippen LogP) is 1.46. The molecule has 4 nitrogen and oxygen atoms in total. The van der Waals surface area contributed by atoms with Crippen molar-refractivity contribution < 1.29 is 4.52 Å². The Balaban J connectivity index is 2.40. The van der Waals surface area contributed by atoms with Crippen LogP contribution in [0.15, 0.2) is 27.8 Å². The zero-order valence-electron chi connectivity index (χ0n) is 7.56. The number of aromatic nitrogens is 1. The molecule has 14 heavy (non-hydrogen) atoms. The van der Waals surface area contributed by atoms with Crippen LogP contribution < -0.4 is 11.5 Å². The predicted molar refractivity (Wildman–Crippen MR) is 58.2 cm³/mol. The van der Waals surface area contributed by atoms with Crippen LogP contribution >= 0.6 is 11.8 Å². The first-order valence-corrected chi connectivity index (χ1v) is 5.27. The molecule has 0 aliphatic rings. The fourth-order valence-corrected chi connectivity index (χ4v) is 1.90. The van der Waals surface area contributed by atoms with Crippen molar-refractivity contribution >= 4 is 28.4 Å². The number of hydrogen-bond acceptors (Lipinski definition) is 5. The van der Waals surface area contributed by atoms with Crippen molar-refractivity contribution in [3.63, 3.8) is 0 Å². The van der Waals surface area contributed by atoms with Gasteiger partial charge in [-0.1, -0.05) is 16.9 Å². The van der Waals surface area contributed by atoms with Gasteiger partial charge in [-0.2, -0.15) is 0 Å². The van der Waals surface area contributed by atoms with E-state index in [-0.39, 0.29) is 0 Å². The molecule has 0 atom stereocenters. The second-order valence-electron chi connectivity index (χ2n) is 2.88. The monoisotopic (exact) mass is 209 g/mol. The van der Waals surface area contributed by atoms with Gasteiger partial charge in [-0.3, -0.25) is 0 Å². The van der Waals surface area contributed by atoms with Crippen LogP contribution in [0.4, 0.5) is 5.69 Å². The summed E-state index contributed by atoms with van der Waals surface area (Å²) in [4.78, 5) is 0.